The molecule has 4 nitrogen and oxygen atoms in total. The molecule has 0 radical (unpaired) electrons. The Hall–Kier alpha value is -2.14. The molecule has 0 saturated heterocycles. The van der Waals surface area contributed by atoms with Crippen molar-refractivity contribution in [1.29, 1.82) is 0 Å². The third-order valence-electron chi connectivity index (χ3n) is 3.48. The molecule has 0 aliphatic carbocycles. The molecule has 0 saturated carbocycles. The molecular weight excluding hydrogens is 286 g/mol. The van der Waals surface area contributed by atoms with Gasteiger partial charge in [0.15, 0.2) is 0 Å². The molecule has 1 aromatic carbocycles. The maximum atomic E-state index is 12.8. The van der Waals surface area contributed by atoms with Crippen molar-refractivity contribution in [1.82, 2.24) is 4.98 Å². The van der Waals surface area contributed by atoms with Crippen LogP contribution in [-0.4, -0.2) is 10.1 Å². The van der Waals surface area contributed by atoms with Gasteiger partial charge in [-0.3, -0.25) is 4.79 Å². The van der Waals surface area contributed by atoms with E-state index in [0.717, 1.165) is 11.3 Å². The van der Waals surface area contributed by atoms with E-state index in [2.05, 4.69) is 4.98 Å². The number of phenols is 1. The predicted octanol–water partition coefficient (Wildman–Crippen LogP) is 3.80. The Bertz CT molecular complexity index is 892. The van der Waals surface area contributed by atoms with Gasteiger partial charge in [0.2, 0.25) is 5.43 Å². The van der Waals surface area contributed by atoms with Gasteiger partial charge in [0.05, 0.1) is 10.9 Å². The molecule has 3 aromatic rings. The zero-order chi connectivity index (χ0) is 15.1. The highest BCUT2D eigenvalue weighted by Crippen LogP contribution is 2.29. The molecule has 108 valence electrons. The van der Waals surface area contributed by atoms with Crippen LogP contribution in [0.4, 0.5) is 0 Å². The summed E-state index contributed by atoms with van der Waals surface area (Å²) in [7, 11) is 0. The molecular formula is C16H15NO3S. The number of rotatable bonds is 2. The van der Waals surface area contributed by atoms with Crippen LogP contribution in [0.25, 0.3) is 21.5 Å². The lowest BCUT2D eigenvalue weighted by Gasteiger charge is -2.07. The summed E-state index contributed by atoms with van der Waals surface area (Å²) in [4.78, 5) is 17.1. The molecule has 0 bridgehead atoms. The summed E-state index contributed by atoms with van der Waals surface area (Å²) in [5.74, 6) is 0.677. The van der Waals surface area contributed by atoms with Crippen molar-refractivity contribution < 1.29 is 9.52 Å². The molecule has 0 unspecified atom stereocenters. The van der Waals surface area contributed by atoms with Crippen LogP contribution in [0.2, 0.25) is 0 Å². The third kappa shape index (κ3) is 2.23. The summed E-state index contributed by atoms with van der Waals surface area (Å²) in [5.41, 5.74) is 2.43. The number of thiazole rings is 1. The van der Waals surface area contributed by atoms with Crippen LogP contribution in [0.1, 0.15) is 23.9 Å². The minimum absolute atomic E-state index is 0.0993. The first-order valence-corrected chi connectivity index (χ1v) is 7.61. The molecule has 2 heterocycles. The average molecular weight is 301 g/mol. The Kier molecular flexibility index (Phi) is 3.29. The molecule has 0 spiro atoms. The summed E-state index contributed by atoms with van der Waals surface area (Å²) in [6.45, 7) is 5.57. The predicted molar refractivity (Wildman–Crippen MR) is 84.1 cm³/mol. The summed E-state index contributed by atoms with van der Waals surface area (Å²) in [6, 6.07) is 3.22. The first-order chi connectivity index (χ1) is 10.0. The number of fused-ring (bicyclic) bond motifs is 1. The van der Waals surface area contributed by atoms with Gasteiger partial charge >= 0.3 is 0 Å². The number of phenolic OH excluding ortho intramolecular Hbond substituents is 1. The van der Waals surface area contributed by atoms with Gasteiger partial charge in [-0.1, -0.05) is 6.92 Å². The monoisotopic (exact) mass is 301 g/mol. The molecule has 5 heteroatoms. The molecule has 3 rings (SSSR count). The highest BCUT2D eigenvalue weighted by molar-refractivity contribution is 7.13. The lowest BCUT2D eigenvalue weighted by molar-refractivity contribution is 0.467. The number of benzene rings is 1. The minimum Gasteiger partial charge on any atom is -0.508 e. The molecule has 1 N–H and O–H groups in total. The normalized spacial score (nSPS) is 11.2. The van der Waals surface area contributed by atoms with Gasteiger partial charge in [0, 0.05) is 17.1 Å². The fourth-order valence-electron chi connectivity index (χ4n) is 2.39. The van der Waals surface area contributed by atoms with Gasteiger partial charge in [-0.15, -0.1) is 11.3 Å². The quantitative estimate of drug-likeness (QED) is 0.782. The smallest absolute Gasteiger partial charge is 0.203 e. The zero-order valence-corrected chi connectivity index (χ0v) is 12.9. The zero-order valence-electron chi connectivity index (χ0n) is 12.1. The molecule has 0 fully saturated rings. The first kappa shape index (κ1) is 13.8. The van der Waals surface area contributed by atoms with Crippen LogP contribution in [0.15, 0.2) is 26.7 Å². The van der Waals surface area contributed by atoms with Gasteiger partial charge in [-0.05, 0) is 31.9 Å². The van der Waals surface area contributed by atoms with Crippen molar-refractivity contribution in [3.8, 4) is 16.3 Å². The number of nitrogens with zero attached hydrogens (tertiary/aromatic N) is 1. The van der Waals surface area contributed by atoms with Crippen molar-refractivity contribution in [3.63, 3.8) is 0 Å². The topological polar surface area (TPSA) is 63.3 Å². The van der Waals surface area contributed by atoms with Crippen molar-refractivity contribution in [2.75, 3.05) is 0 Å². The first-order valence-electron chi connectivity index (χ1n) is 6.73. The van der Waals surface area contributed by atoms with Crippen LogP contribution in [0.3, 0.4) is 0 Å². The summed E-state index contributed by atoms with van der Waals surface area (Å²) in [6.07, 6.45) is 0.654. The van der Waals surface area contributed by atoms with Crippen LogP contribution in [0, 0.1) is 13.8 Å². The summed E-state index contributed by atoms with van der Waals surface area (Å²) >= 11 is 1.43. The fraction of sp³-hybridized carbons (Fsp3) is 0.250. The largest absolute Gasteiger partial charge is 0.508 e. The molecule has 2 aromatic heterocycles. The van der Waals surface area contributed by atoms with Gasteiger partial charge in [0.25, 0.3) is 0 Å². The Morgan fingerprint density at radius 3 is 2.71 bits per heavy atom. The lowest BCUT2D eigenvalue weighted by Crippen LogP contribution is -2.08. The molecule has 0 amide bonds. The number of aryl methyl sites for hydroxylation is 3. The highest BCUT2D eigenvalue weighted by atomic mass is 32.1. The van der Waals surface area contributed by atoms with E-state index in [1.165, 1.54) is 17.4 Å². The standard InChI is InChI=1S/C16H15NO3S/c1-4-10-5-11-13(6-12(10)18)20-9(3)14(15(11)19)16-17-8(2)7-21-16/h5-7,18H,4H2,1-3H3. The van der Waals surface area contributed by atoms with E-state index in [4.69, 9.17) is 4.42 Å². The average Bonchev–Trinajstić information content (AvgIpc) is 2.84. The van der Waals surface area contributed by atoms with Crippen LogP contribution in [-0.2, 0) is 6.42 Å². The Balaban J connectivity index is 2.37. The minimum atomic E-state index is -0.0993. The van der Waals surface area contributed by atoms with Crippen molar-refractivity contribution in [2.45, 2.75) is 27.2 Å². The number of aromatic hydroxyl groups is 1. The second-order valence-corrected chi connectivity index (χ2v) is 5.85. The second kappa shape index (κ2) is 5.00. The van der Waals surface area contributed by atoms with E-state index < -0.39 is 0 Å². The SMILES string of the molecule is CCc1cc2c(=O)c(-c3nc(C)cs3)c(C)oc2cc1O. The van der Waals surface area contributed by atoms with Gasteiger partial charge in [-0.25, -0.2) is 4.98 Å². The van der Waals surface area contributed by atoms with E-state index >= 15 is 0 Å². The number of hydrogen-bond donors (Lipinski definition) is 1. The second-order valence-electron chi connectivity index (χ2n) is 4.99. The highest BCUT2D eigenvalue weighted by Gasteiger charge is 2.17. The maximum Gasteiger partial charge on any atom is 0.203 e. The van der Waals surface area contributed by atoms with E-state index in [0.29, 0.717) is 33.7 Å². The Labute approximate surface area is 125 Å². The number of aromatic nitrogens is 1. The fourth-order valence-corrected chi connectivity index (χ4v) is 3.27. The Morgan fingerprint density at radius 1 is 1.33 bits per heavy atom. The van der Waals surface area contributed by atoms with E-state index in [1.807, 2.05) is 19.2 Å². The van der Waals surface area contributed by atoms with Crippen LogP contribution in [0.5, 0.6) is 5.75 Å². The Morgan fingerprint density at radius 2 is 2.10 bits per heavy atom. The van der Waals surface area contributed by atoms with Crippen LogP contribution < -0.4 is 5.43 Å². The van der Waals surface area contributed by atoms with E-state index in [9.17, 15) is 9.90 Å². The van der Waals surface area contributed by atoms with Crippen LogP contribution >= 0.6 is 11.3 Å². The summed E-state index contributed by atoms with van der Waals surface area (Å²) in [5, 5.41) is 13.0. The van der Waals surface area contributed by atoms with Gasteiger partial charge in [-0.2, -0.15) is 0 Å². The van der Waals surface area contributed by atoms with Crippen molar-refractivity contribution in [2.24, 2.45) is 0 Å². The number of hydrogen-bond acceptors (Lipinski definition) is 5. The van der Waals surface area contributed by atoms with Gasteiger partial charge < -0.3 is 9.52 Å². The third-order valence-corrected chi connectivity index (χ3v) is 4.46. The molecule has 0 aliphatic rings. The molecule has 0 aliphatic heterocycles. The lowest BCUT2D eigenvalue weighted by atomic mass is 10.1. The van der Waals surface area contributed by atoms with Gasteiger partial charge in [0.1, 0.15) is 22.1 Å². The van der Waals surface area contributed by atoms with E-state index in [-0.39, 0.29) is 11.2 Å². The maximum absolute atomic E-state index is 12.8. The van der Waals surface area contributed by atoms with E-state index in [1.54, 1.807) is 13.0 Å². The summed E-state index contributed by atoms with van der Waals surface area (Å²) < 4.78 is 5.72. The molecule has 21 heavy (non-hydrogen) atoms. The van der Waals surface area contributed by atoms with Crippen molar-refractivity contribution in [3.05, 3.63) is 44.8 Å². The molecule has 0 atom stereocenters. The van der Waals surface area contributed by atoms with Crippen molar-refractivity contribution >= 4 is 22.3 Å².